The first kappa shape index (κ1) is 9.60. The van der Waals surface area contributed by atoms with Crippen LogP contribution >= 0.6 is 0 Å². The molecule has 53 valence electrons. The van der Waals surface area contributed by atoms with Crippen LogP contribution < -0.4 is 0 Å². The maximum Gasteiger partial charge on any atom is 0.302 e. The lowest BCUT2D eigenvalue weighted by molar-refractivity contribution is -0.143. The largest absolute Gasteiger partial charge is 0.469 e. The fourth-order valence-electron chi connectivity index (χ4n) is 0.563. The number of ether oxygens (including phenoxy) is 1. The van der Waals surface area contributed by atoms with Gasteiger partial charge < -0.3 is 4.74 Å². The average Bonchev–Trinajstić information content (AvgIpc) is 2.01. The molecule has 0 N–H and O–H groups in total. The number of rotatable bonds is 3. The fraction of sp³-hybridized carbons (Fsp3) is 0.833. The van der Waals surface area contributed by atoms with Crippen molar-refractivity contribution in [2.45, 2.75) is 25.6 Å². The van der Waals surface area contributed by atoms with Crippen molar-refractivity contribution in [3.05, 3.63) is 0 Å². The molecule has 3 radical (unpaired) electrons. The van der Waals surface area contributed by atoms with E-state index in [4.69, 9.17) is 7.74 Å². The summed E-state index contributed by atoms with van der Waals surface area (Å²) in [6.07, 6.45) is 0.663. The lowest BCUT2D eigenvalue weighted by atomic mass is 9.39. The van der Waals surface area contributed by atoms with Crippen LogP contribution in [0.3, 0.4) is 0 Å². The van der Waals surface area contributed by atoms with Gasteiger partial charge in [-0.3, -0.25) is 4.79 Å². The molecular weight excluding hydrogens is 126 g/mol. The van der Waals surface area contributed by atoms with Crippen LogP contribution in [0, 0.1) is 0 Å². The van der Waals surface area contributed by atoms with Crippen LogP contribution in [-0.2, 0) is 9.53 Å². The van der Waals surface area contributed by atoms with E-state index in [1.807, 2.05) is 6.92 Å². The second kappa shape index (κ2) is 3.69. The molecule has 0 saturated carbocycles. The van der Waals surface area contributed by atoms with Gasteiger partial charge in [0.25, 0.3) is 0 Å². The molecule has 1 unspecified atom stereocenters. The molecular formula is C6H11B2O2. The molecule has 0 amide bonds. The number of carbonyl (C=O) groups is 1. The summed E-state index contributed by atoms with van der Waals surface area (Å²) in [6.45, 7) is 3.64. The molecule has 0 aliphatic rings. The summed E-state index contributed by atoms with van der Waals surface area (Å²) in [5.74, 6) is -0.280. The first-order valence-corrected chi connectivity index (χ1v) is 3.25. The molecule has 1 atom stereocenters. The van der Waals surface area contributed by atoms with Gasteiger partial charge in [0.1, 0.15) is 0 Å². The van der Waals surface area contributed by atoms with E-state index in [9.17, 15) is 4.79 Å². The molecule has 0 aromatic heterocycles. The summed E-state index contributed by atoms with van der Waals surface area (Å²) in [4.78, 5) is 11.0. The van der Waals surface area contributed by atoms with E-state index in [2.05, 4.69) is 4.74 Å². The standard InChI is InChI=1S/C6H11B2O2/c1-4-6(2,8-7)5(9)10-3/h4H2,1-3H3. The lowest BCUT2D eigenvalue weighted by Gasteiger charge is -2.22. The molecule has 0 bridgehead atoms. The van der Waals surface area contributed by atoms with Crippen LogP contribution in [0.15, 0.2) is 0 Å². The molecule has 2 nitrogen and oxygen atoms in total. The Balaban J connectivity index is 4.17. The SMILES string of the molecule is [B][B]C(C)(CC)C(=O)OC. The Kier molecular flexibility index (Phi) is 3.54. The fourth-order valence-corrected chi connectivity index (χ4v) is 0.563. The van der Waals surface area contributed by atoms with Crippen molar-refractivity contribution in [2.75, 3.05) is 7.11 Å². The number of esters is 1. The number of hydrogen-bond acceptors (Lipinski definition) is 2. The van der Waals surface area contributed by atoms with Crippen LogP contribution in [0.2, 0.25) is 5.31 Å². The van der Waals surface area contributed by atoms with Crippen LogP contribution in [0.4, 0.5) is 0 Å². The first-order valence-electron chi connectivity index (χ1n) is 3.25. The van der Waals surface area contributed by atoms with Gasteiger partial charge in [-0.1, -0.05) is 13.8 Å². The molecule has 0 aliphatic carbocycles. The lowest BCUT2D eigenvalue weighted by Crippen LogP contribution is -2.27. The van der Waals surface area contributed by atoms with E-state index in [1.54, 1.807) is 6.92 Å². The summed E-state index contributed by atoms with van der Waals surface area (Å²) in [6, 6.07) is 0. The molecule has 0 aromatic carbocycles. The van der Waals surface area contributed by atoms with Gasteiger partial charge in [0, 0.05) is 13.1 Å². The van der Waals surface area contributed by atoms with Crippen LogP contribution in [-0.4, -0.2) is 28.0 Å². The highest BCUT2D eigenvalue weighted by Crippen LogP contribution is 2.28. The average molecular weight is 137 g/mol. The first-order chi connectivity index (χ1) is 4.60. The van der Waals surface area contributed by atoms with Gasteiger partial charge in [0.2, 0.25) is 0 Å². The Hall–Kier alpha value is -0.400. The van der Waals surface area contributed by atoms with Gasteiger partial charge in [0.05, 0.1) is 14.3 Å². The van der Waals surface area contributed by atoms with E-state index < -0.39 is 5.31 Å². The predicted octanol–water partition coefficient (Wildman–Crippen LogP) is 0.536. The minimum atomic E-state index is -0.616. The van der Waals surface area contributed by atoms with Gasteiger partial charge in [-0.2, -0.15) is 0 Å². The predicted molar refractivity (Wildman–Crippen MR) is 42.2 cm³/mol. The van der Waals surface area contributed by atoms with E-state index >= 15 is 0 Å². The topological polar surface area (TPSA) is 26.3 Å². The van der Waals surface area contributed by atoms with E-state index in [0.29, 0.717) is 6.42 Å². The summed E-state index contributed by atoms with van der Waals surface area (Å²) >= 11 is 0. The normalized spacial score (nSPS) is 15.5. The Morgan fingerprint density at radius 1 is 1.80 bits per heavy atom. The highest BCUT2D eigenvalue weighted by Gasteiger charge is 2.29. The summed E-state index contributed by atoms with van der Waals surface area (Å²) < 4.78 is 4.55. The van der Waals surface area contributed by atoms with Crippen LogP contribution in [0.5, 0.6) is 0 Å². The highest BCUT2D eigenvalue weighted by molar-refractivity contribution is 6.93. The van der Waals surface area contributed by atoms with Gasteiger partial charge >= 0.3 is 5.97 Å². The number of hydrogen-bond donors (Lipinski definition) is 0. The molecule has 0 aromatic rings. The van der Waals surface area contributed by atoms with E-state index in [0.717, 1.165) is 0 Å². The molecule has 0 rings (SSSR count). The second-order valence-electron chi connectivity index (χ2n) is 2.43. The van der Waals surface area contributed by atoms with E-state index in [1.165, 1.54) is 14.3 Å². The van der Waals surface area contributed by atoms with Crippen molar-refractivity contribution in [1.29, 1.82) is 0 Å². The smallest absolute Gasteiger partial charge is 0.302 e. The second-order valence-corrected chi connectivity index (χ2v) is 2.43. The van der Waals surface area contributed by atoms with Gasteiger partial charge in [0.15, 0.2) is 0 Å². The van der Waals surface area contributed by atoms with Gasteiger partial charge in [-0.15, -0.1) is 0 Å². The zero-order chi connectivity index (χ0) is 8.20. The van der Waals surface area contributed by atoms with Crippen molar-refractivity contribution in [3.8, 4) is 0 Å². The quantitative estimate of drug-likeness (QED) is 0.418. The van der Waals surface area contributed by atoms with Crippen molar-refractivity contribution >= 4 is 20.9 Å². The number of carbonyl (C=O) groups excluding carboxylic acids is 1. The van der Waals surface area contributed by atoms with E-state index in [-0.39, 0.29) is 5.97 Å². The Morgan fingerprint density at radius 3 is 2.40 bits per heavy atom. The van der Waals surface area contributed by atoms with Crippen molar-refractivity contribution in [1.82, 2.24) is 0 Å². The summed E-state index contributed by atoms with van der Waals surface area (Å²) in [5, 5.41) is -0.616. The third kappa shape index (κ3) is 1.79. The zero-order valence-corrected chi connectivity index (χ0v) is 6.68. The van der Waals surface area contributed by atoms with Crippen molar-refractivity contribution in [3.63, 3.8) is 0 Å². The molecule has 0 saturated heterocycles. The third-order valence-corrected chi connectivity index (χ3v) is 1.75. The summed E-state index contributed by atoms with van der Waals surface area (Å²) in [5.41, 5.74) is 0. The molecule has 4 heteroatoms. The third-order valence-electron chi connectivity index (χ3n) is 1.75. The highest BCUT2D eigenvalue weighted by atomic mass is 16.5. The molecule has 0 aliphatic heterocycles. The molecule has 0 fully saturated rings. The Labute approximate surface area is 64.0 Å². The number of methoxy groups -OCH3 is 1. The maximum atomic E-state index is 11.0. The minimum Gasteiger partial charge on any atom is -0.469 e. The van der Waals surface area contributed by atoms with Crippen LogP contribution in [0.25, 0.3) is 0 Å². The molecule has 10 heavy (non-hydrogen) atoms. The molecule has 0 spiro atoms. The van der Waals surface area contributed by atoms with Gasteiger partial charge in [-0.25, -0.2) is 0 Å². The Morgan fingerprint density at radius 2 is 2.30 bits per heavy atom. The van der Waals surface area contributed by atoms with Gasteiger partial charge in [-0.05, 0) is 6.42 Å². The Bertz CT molecular complexity index is 121. The minimum absolute atomic E-state index is 0.280. The molecule has 0 heterocycles. The zero-order valence-electron chi connectivity index (χ0n) is 6.68. The van der Waals surface area contributed by atoms with Crippen molar-refractivity contribution < 1.29 is 9.53 Å². The monoisotopic (exact) mass is 137 g/mol. The van der Waals surface area contributed by atoms with Crippen molar-refractivity contribution in [2.24, 2.45) is 0 Å². The summed E-state index contributed by atoms with van der Waals surface area (Å²) in [7, 11) is 8.00. The van der Waals surface area contributed by atoms with Crippen LogP contribution in [0.1, 0.15) is 20.3 Å². The maximum absolute atomic E-state index is 11.0.